The molecule has 0 bridgehead atoms. The molecule has 0 radical (unpaired) electrons. The van der Waals surface area contributed by atoms with Gasteiger partial charge in [-0.3, -0.25) is 9.89 Å². The van der Waals surface area contributed by atoms with E-state index >= 15 is 0 Å². The van der Waals surface area contributed by atoms with Crippen LogP contribution in [0.3, 0.4) is 0 Å². The zero-order valence-electron chi connectivity index (χ0n) is 13.4. The summed E-state index contributed by atoms with van der Waals surface area (Å²) in [4.78, 5) is 11.8. The summed E-state index contributed by atoms with van der Waals surface area (Å²) in [7, 11) is 0. The molecule has 134 valence electrons. The molecule has 1 amide bonds. The molecule has 3 aromatic rings. The van der Waals surface area contributed by atoms with Gasteiger partial charge in [-0.1, -0.05) is 23.7 Å². The number of nitrogens with zero attached hydrogens (tertiary/aromatic N) is 1. The fraction of sp³-hybridized carbons (Fsp3) is 0.0588. The normalized spacial score (nSPS) is 10.5. The van der Waals surface area contributed by atoms with Gasteiger partial charge in [-0.05, 0) is 35.9 Å². The van der Waals surface area contributed by atoms with Gasteiger partial charge in [0.15, 0.2) is 5.82 Å². The molecule has 0 atom stereocenters. The second kappa shape index (κ2) is 7.32. The van der Waals surface area contributed by atoms with E-state index in [1.807, 2.05) is 0 Å². The summed E-state index contributed by atoms with van der Waals surface area (Å²) in [6.45, 7) is 0.368. The third-order valence-electron chi connectivity index (χ3n) is 3.60. The van der Waals surface area contributed by atoms with Gasteiger partial charge in [-0.2, -0.15) is 5.10 Å². The van der Waals surface area contributed by atoms with Crippen molar-refractivity contribution < 1.29 is 14.3 Å². The number of nitrogens with two attached hydrogens (primary N) is 1. The number of rotatable bonds is 6. The summed E-state index contributed by atoms with van der Waals surface area (Å²) in [6, 6.07) is 10.6. The molecule has 7 nitrogen and oxygen atoms in total. The van der Waals surface area contributed by atoms with E-state index < -0.39 is 11.7 Å². The monoisotopic (exact) mass is 375 g/mol. The first-order valence-corrected chi connectivity index (χ1v) is 7.94. The average Bonchev–Trinajstić information content (AvgIpc) is 3.00. The number of carbonyl (C=O) groups is 1. The first kappa shape index (κ1) is 17.6. The van der Waals surface area contributed by atoms with Crippen LogP contribution in [0.2, 0.25) is 5.02 Å². The van der Waals surface area contributed by atoms with E-state index in [1.54, 1.807) is 24.3 Å². The van der Waals surface area contributed by atoms with Gasteiger partial charge >= 0.3 is 0 Å². The number of hydrogen-bond donors (Lipinski definition) is 5. The van der Waals surface area contributed by atoms with E-state index in [9.17, 15) is 14.3 Å². The standard InChI is InChI=1S/C17H15ClFN5O2/c18-12-7-10(3-6-13(12)19)22-17-14(15(20)26)16(23-24-17)21-8-9-1-4-11(25)5-2-9/h1-7,25H,8H2,(H2,20,26)(H3,21,22,23,24). The minimum absolute atomic E-state index is 0.0548. The number of anilines is 3. The Balaban J connectivity index is 1.80. The Morgan fingerprint density at radius 3 is 2.65 bits per heavy atom. The van der Waals surface area contributed by atoms with E-state index in [4.69, 9.17) is 17.3 Å². The molecule has 1 heterocycles. The zero-order valence-corrected chi connectivity index (χ0v) is 14.1. The van der Waals surface area contributed by atoms with Crippen molar-refractivity contribution in [3.63, 3.8) is 0 Å². The zero-order chi connectivity index (χ0) is 18.7. The molecule has 0 fully saturated rings. The Morgan fingerprint density at radius 1 is 1.27 bits per heavy atom. The highest BCUT2D eigenvalue weighted by atomic mass is 35.5. The molecule has 26 heavy (non-hydrogen) atoms. The van der Waals surface area contributed by atoms with Gasteiger partial charge in [-0.15, -0.1) is 0 Å². The molecule has 6 N–H and O–H groups in total. The van der Waals surface area contributed by atoms with E-state index in [0.717, 1.165) is 5.56 Å². The number of aromatic amines is 1. The lowest BCUT2D eigenvalue weighted by Gasteiger charge is -2.08. The lowest BCUT2D eigenvalue weighted by atomic mass is 10.2. The van der Waals surface area contributed by atoms with Gasteiger partial charge in [0.05, 0.1) is 5.02 Å². The van der Waals surface area contributed by atoms with E-state index in [2.05, 4.69) is 20.8 Å². The summed E-state index contributed by atoms with van der Waals surface area (Å²) < 4.78 is 13.3. The number of H-pyrrole nitrogens is 1. The van der Waals surface area contributed by atoms with Crippen molar-refractivity contribution >= 4 is 34.8 Å². The number of aromatic nitrogens is 2. The Morgan fingerprint density at radius 2 is 2.00 bits per heavy atom. The third kappa shape index (κ3) is 3.86. The molecule has 2 aromatic carbocycles. The highest BCUT2D eigenvalue weighted by Gasteiger charge is 2.18. The molecule has 0 aliphatic heterocycles. The predicted molar refractivity (Wildman–Crippen MR) is 97.2 cm³/mol. The predicted octanol–water partition coefficient (Wildman–Crippen LogP) is 3.36. The van der Waals surface area contributed by atoms with Crippen LogP contribution in [0.1, 0.15) is 15.9 Å². The van der Waals surface area contributed by atoms with Crippen LogP contribution in [-0.4, -0.2) is 21.2 Å². The Hall–Kier alpha value is -3.26. The quantitative estimate of drug-likeness (QED) is 0.453. The first-order valence-electron chi connectivity index (χ1n) is 7.56. The van der Waals surface area contributed by atoms with Crippen molar-refractivity contribution in [3.8, 4) is 5.75 Å². The SMILES string of the molecule is NC(=O)c1c(NCc2ccc(O)cc2)n[nH]c1Nc1ccc(F)c(Cl)c1. The van der Waals surface area contributed by atoms with Crippen LogP contribution in [0.4, 0.5) is 21.7 Å². The molecule has 9 heteroatoms. The fourth-order valence-corrected chi connectivity index (χ4v) is 2.50. The van der Waals surface area contributed by atoms with Crippen molar-refractivity contribution in [3.05, 3.63) is 64.4 Å². The average molecular weight is 376 g/mol. The largest absolute Gasteiger partial charge is 0.508 e. The van der Waals surface area contributed by atoms with Gasteiger partial charge in [-0.25, -0.2) is 4.39 Å². The van der Waals surface area contributed by atoms with Gasteiger partial charge in [0, 0.05) is 12.2 Å². The number of amides is 1. The van der Waals surface area contributed by atoms with Crippen molar-refractivity contribution in [2.24, 2.45) is 5.73 Å². The van der Waals surface area contributed by atoms with Crippen molar-refractivity contribution in [1.82, 2.24) is 10.2 Å². The van der Waals surface area contributed by atoms with Crippen molar-refractivity contribution in [2.75, 3.05) is 10.6 Å². The Bertz CT molecular complexity index is 943. The van der Waals surface area contributed by atoms with Gasteiger partial charge in [0.1, 0.15) is 22.9 Å². The number of nitrogens with one attached hydrogen (secondary N) is 3. The number of phenols is 1. The van der Waals surface area contributed by atoms with Crippen LogP contribution in [0.25, 0.3) is 0 Å². The first-order chi connectivity index (χ1) is 12.4. The summed E-state index contributed by atoms with van der Waals surface area (Å²) in [5, 5.41) is 21.9. The topological polar surface area (TPSA) is 116 Å². The summed E-state index contributed by atoms with van der Waals surface area (Å²) >= 11 is 5.75. The molecule has 0 saturated heterocycles. The second-order valence-corrected chi connectivity index (χ2v) is 5.87. The van der Waals surface area contributed by atoms with Crippen molar-refractivity contribution in [2.45, 2.75) is 6.54 Å². The number of benzene rings is 2. The molecule has 0 saturated carbocycles. The minimum atomic E-state index is -0.692. The van der Waals surface area contributed by atoms with Crippen LogP contribution in [0.5, 0.6) is 5.75 Å². The molecule has 0 aliphatic rings. The van der Waals surface area contributed by atoms with E-state index in [1.165, 1.54) is 18.2 Å². The number of primary amides is 1. The summed E-state index contributed by atoms with van der Waals surface area (Å²) in [6.07, 6.45) is 0. The molecule has 0 spiro atoms. The molecule has 0 unspecified atom stereocenters. The van der Waals surface area contributed by atoms with Gasteiger partial charge in [0.25, 0.3) is 5.91 Å². The molecule has 3 rings (SSSR count). The molecular weight excluding hydrogens is 361 g/mol. The summed E-state index contributed by atoms with van der Waals surface area (Å²) in [5.74, 6) is -0.554. The number of hydrogen-bond acceptors (Lipinski definition) is 5. The minimum Gasteiger partial charge on any atom is -0.508 e. The third-order valence-corrected chi connectivity index (χ3v) is 3.89. The highest BCUT2D eigenvalue weighted by Crippen LogP contribution is 2.27. The van der Waals surface area contributed by atoms with Gasteiger partial charge < -0.3 is 21.5 Å². The van der Waals surface area contributed by atoms with Crippen LogP contribution < -0.4 is 16.4 Å². The van der Waals surface area contributed by atoms with E-state index in [0.29, 0.717) is 12.2 Å². The molecular formula is C17H15ClFN5O2. The lowest BCUT2D eigenvalue weighted by molar-refractivity contribution is 0.100. The molecule has 0 aliphatic carbocycles. The van der Waals surface area contributed by atoms with Crippen LogP contribution in [-0.2, 0) is 6.54 Å². The second-order valence-electron chi connectivity index (χ2n) is 5.46. The van der Waals surface area contributed by atoms with Crippen LogP contribution >= 0.6 is 11.6 Å². The molecule has 1 aromatic heterocycles. The highest BCUT2D eigenvalue weighted by molar-refractivity contribution is 6.31. The number of carbonyl (C=O) groups excluding carboxylic acids is 1. The van der Waals surface area contributed by atoms with Crippen LogP contribution in [0, 0.1) is 5.82 Å². The summed E-state index contributed by atoms with van der Waals surface area (Å²) in [5.41, 5.74) is 6.93. The fourth-order valence-electron chi connectivity index (χ4n) is 2.32. The smallest absolute Gasteiger partial charge is 0.256 e. The number of halogens is 2. The maximum atomic E-state index is 13.3. The Kier molecular flexibility index (Phi) is 4.94. The van der Waals surface area contributed by atoms with Crippen molar-refractivity contribution in [1.29, 1.82) is 0 Å². The number of aromatic hydroxyl groups is 1. The Labute approximate surface area is 153 Å². The maximum absolute atomic E-state index is 13.3. The van der Waals surface area contributed by atoms with E-state index in [-0.39, 0.29) is 28.0 Å². The maximum Gasteiger partial charge on any atom is 0.256 e. The van der Waals surface area contributed by atoms with Crippen LogP contribution in [0.15, 0.2) is 42.5 Å². The lowest BCUT2D eigenvalue weighted by Crippen LogP contribution is -2.15. The van der Waals surface area contributed by atoms with Gasteiger partial charge in [0.2, 0.25) is 0 Å². The number of phenolic OH excluding ortho intramolecular Hbond substituents is 1.